The van der Waals surface area contributed by atoms with Gasteiger partial charge in [0.25, 0.3) is 0 Å². The van der Waals surface area contributed by atoms with Crippen LogP contribution in [-0.4, -0.2) is 32.5 Å². The van der Waals surface area contributed by atoms with E-state index in [0.29, 0.717) is 13.1 Å². The average Bonchev–Trinajstić information content (AvgIpc) is 2.54. The molecule has 0 radical (unpaired) electrons. The van der Waals surface area contributed by atoms with Crippen LogP contribution in [0.5, 0.6) is 0 Å². The summed E-state index contributed by atoms with van der Waals surface area (Å²) in [6.07, 6.45) is 1.52. The van der Waals surface area contributed by atoms with Crippen LogP contribution in [0.15, 0.2) is 12.3 Å². The molecule has 92 valence electrons. The lowest BCUT2D eigenvalue weighted by atomic mass is 10.2. The molecule has 0 aliphatic rings. The molecule has 0 bridgehead atoms. The topological polar surface area (TPSA) is 63.0 Å². The first-order valence-corrected chi connectivity index (χ1v) is 5.75. The first-order valence-electron chi connectivity index (χ1n) is 5.75. The summed E-state index contributed by atoms with van der Waals surface area (Å²) in [6.45, 7) is 5.04. The third kappa shape index (κ3) is 2.62. The maximum absolute atomic E-state index is 9.16. The summed E-state index contributed by atoms with van der Waals surface area (Å²) < 4.78 is 1.79. The van der Waals surface area contributed by atoms with Gasteiger partial charge in [-0.1, -0.05) is 0 Å². The van der Waals surface area contributed by atoms with E-state index in [1.807, 2.05) is 20.2 Å². The molecule has 2 aromatic heterocycles. The normalized spacial score (nSPS) is 13.2. The molecule has 0 spiro atoms. The van der Waals surface area contributed by atoms with Gasteiger partial charge in [0.15, 0.2) is 5.65 Å². The maximum Gasteiger partial charge on any atom is 0.157 e. The first-order chi connectivity index (χ1) is 8.08. The molecule has 0 unspecified atom stereocenters. The van der Waals surface area contributed by atoms with Gasteiger partial charge >= 0.3 is 0 Å². The van der Waals surface area contributed by atoms with Crippen molar-refractivity contribution in [2.75, 3.05) is 6.54 Å². The Morgan fingerprint density at radius 1 is 1.53 bits per heavy atom. The third-order valence-electron chi connectivity index (χ3n) is 2.69. The number of nitrogens with zero attached hydrogens (tertiary/aromatic N) is 3. The van der Waals surface area contributed by atoms with Gasteiger partial charge in [-0.2, -0.15) is 5.10 Å². The monoisotopic (exact) mass is 234 g/mol. The number of hydrogen-bond donors (Lipinski definition) is 2. The second-order valence-corrected chi connectivity index (χ2v) is 4.40. The number of rotatable bonds is 4. The van der Waals surface area contributed by atoms with E-state index in [0.717, 1.165) is 22.3 Å². The molecule has 5 nitrogen and oxygen atoms in total. The van der Waals surface area contributed by atoms with Crippen molar-refractivity contribution in [3.8, 4) is 0 Å². The van der Waals surface area contributed by atoms with Crippen LogP contribution < -0.4 is 5.32 Å². The first kappa shape index (κ1) is 12.0. The van der Waals surface area contributed by atoms with E-state index in [1.165, 1.54) is 0 Å². The molecule has 0 aliphatic heterocycles. The van der Waals surface area contributed by atoms with E-state index in [4.69, 9.17) is 5.11 Å². The van der Waals surface area contributed by atoms with E-state index >= 15 is 0 Å². The Bertz CT molecular complexity index is 518. The minimum atomic E-state index is -0.327. The lowest BCUT2D eigenvalue weighted by Gasteiger charge is -2.06. The van der Waals surface area contributed by atoms with Crippen LogP contribution in [0.25, 0.3) is 11.0 Å². The largest absolute Gasteiger partial charge is 0.392 e. The van der Waals surface area contributed by atoms with Gasteiger partial charge < -0.3 is 10.4 Å². The highest BCUT2D eigenvalue weighted by Gasteiger charge is 2.06. The number of aliphatic hydroxyl groups excluding tert-OH is 1. The van der Waals surface area contributed by atoms with Crippen LogP contribution in [0, 0.1) is 6.92 Å². The standard InChI is InChI=1S/C12H18N4O/c1-8(17)5-13-6-10-4-11-9(2)15-16(3)12(11)14-7-10/h4,7-8,13,17H,5-6H2,1-3H3/t8-/m0/s1. The Hall–Kier alpha value is -1.46. The van der Waals surface area contributed by atoms with E-state index < -0.39 is 0 Å². The van der Waals surface area contributed by atoms with Crippen molar-refractivity contribution in [2.45, 2.75) is 26.5 Å². The van der Waals surface area contributed by atoms with Crippen molar-refractivity contribution in [1.29, 1.82) is 0 Å². The van der Waals surface area contributed by atoms with Crippen LogP contribution in [0.4, 0.5) is 0 Å². The minimum Gasteiger partial charge on any atom is -0.392 e. The zero-order valence-corrected chi connectivity index (χ0v) is 10.4. The number of aliphatic hydroxyl groups is 1. The number of aryl methyl sites for hydroxylation is 2. The number of pyridine rings is 1. The molecule has 2 rings (SSSR count). The number of nitrogens with one attached hydrogen (secondary N) is 1. The maximum atomic E-state index is 9.16. The summed E-state index contributed by atoms with van der Waals surface area (Å²) >= 11 is 0. The molecule has 17 heavy (non-hydrogen) atoms. The van der Waals surface area contributed by atoms with Crippen LogP contribution in [0.2, 0.25) is 0 Å². The molecule has 5 heteroatoms. The molecule has 0 amide bonds. The summed E-state index contributed by atoms with van der Waals surface area (Å²) in [5.41, 5.74) is 3.00. The minimum absolute atomic E-state index is 0.327. The fourth-order valence-electron chi connectivity index (χ4n) is 1.87. The summed E-state index contributed by atoms with van der Waals surface area (Å²) in [7, 11) is 1.90. The Labute approximate surface area is 100 Å². The van der Waals surface area contributed by atoms with Gasteiger partial charge in [0.05, 0.1) is 11.8 Å². The van der Waals surface area contributed by atoms with Crippen LogP contribution in [0.3, 0.4) is 0 Å². The van der Waals surface area contributed by atoms with E-state index in [-0.39, 0.29) is 6.10 Å². The number of aromatic nitrogens is 3. The van der Waals surface area contributed by atoms with Crippen molar-refractivity contribution in [1.82, 2.24) is 20.1 Å². The smallest absolute Gasteiger partial charge is 0.157 e. The molecule has 0 fully saturated rings. The van der Waals surface area contributed by atoms with Crippen molar-refractivity contribution in [2.24, 2.45) is 7.05 Å². The predicted molar refractivity (Wildman–Crippen MR) is 66.6 cm³/mol. The molecule has 2 aromatic rings. The van der Waals surface area contributed by atoms with Gasteiger partial charge in [-0.25, -0.2) is 4.98 Å². The van der Waals surface area contributed by atoms with Gasteiger partial charge in [0.2, 0.25) is 0 Å². The highest BCUT2D eigenvalue weighted by Crippen LogP contribution is 2.16. The fraction of sp³-hybridized carbons (Fsp3) is 0.500. The Morgan fingerprint density at radius 3 is 3.00 bits per heavy atom. The van der Waals surface area contributed by atoms with Crippen LogP contribution in [-0.2, 0) is 13.6 Å². The molecule has 0 saturated heterocycles. The van der Waals surface area contributed by atoms with Crippen molar-refractivity contribution in [3.63, 3.8) is 0 Å². The zero-order valence-electron chi connectivity index (χ0n) is 10.4. The SMILES string of the molecule is Cc1nn(C)c2ncc(CNC[C@H](C)O)cc12. The second kappa shape index (κ2) is 4.81. The predicted octanol–water partition coefficient (Wildman–Crippen LogP) is 0.747. The number of hydrogen-bond acceptors (Lipinski definition) is 4. The molecular formula is C12H18N4O. The highest BCUT2D eigenvalue weighted by molar-refractivity contribution is 5.78. The van der Waals surface area contributed by atoms with E-state index in [9.17, 15) is 0 Å². The van der Waals surface area contributed by atoms with Gasteiger partial charge in [0, 0.05) is 31.7 Å². The lowest BCUT2D eigenvalue weighted by molar-refractivity contribution is 0.191. The Balaban J connectivity index is 2.17. The third-order valence-corrected chi connectivity index (χ3v) is 2.69. The summed E-state index contributed by atoms with van der Waals surface area (Å²) in [5, 5.41) is 17.8. The second-order valence-electron chi connectivity index (χ2n) is 4.40. The van der Waals surface area contributed by atoms with Crippen molar-refractivity contribution < 1.29 is 5.11 Å². The molecule has 0 aromatic carbocycles. The average molecular weight is 234 g/mol. The molecule has 2 heterocycles. The lowest BCUT2D eigenvalue weighted by Crippen LogP contribution is -2.23. The number of fused-ring (bicyclic) bond motifs is 1. The van der Waals surface area contributed by atoms with Crippen molar-refractivity contribution in [3.05, 3.63) is 23.5 Å². The Kier molecular flexibility index (Phi) is 3.40. The van der Waals surface area contributed by atoms with Gasteiger partial charge in [-0.15, -0.1) is 0 Å². The fourth-order valence-corrected chi connectivity index (χ4v) is 1.87. The molecule has 0 aliphatic carbocycles. The quantitative estimate of drug-likeness (QED) is 0.819. The Morgan fingerprint density at radius 2 is 2.29 bits per heavy atom. The molecule has 0 saturated carbocycles. The highest BCUT2D eigenvalue weighted by atomic mass is 16.3. The summed E-state index contributed by atoms with van der Waals surface area (Å²) in [5.74, 6) is 0. The van der Waals surface area contributed by atoms with Crippen LogP contribution >= 0.6 is 0 Å². The van der Waals surface area contributed by atoms with E-state index in [2.05, 4.69) is 21.5 Å². The van der Waals surface area contributed by atoms with Gasteiger partial charge in [0.1, 0.15) is 0 Å². The van der Waals surface area contributed by atoms with Gasteiger partial charge in [-0.05, 0) is 25.5 Å². The van der Waals surface area contributed by atoms with Crippen molar-refractivity contribution >= 4 is 11.0 Å². The van der Waals surface area contributed by atoms with E-state index in [1.54, 1.807) is 11.6 Å². The molecule has 2 N–H and O–H groups in total. The molecule has 1 atom stereocenters. The summed E-state index contributed by atoms with van der Waals surface area (Å²) in [6, 6.07) is 2.10. The zero-order chi connectivity index (χ0) is 12.4. The molecular weight excluding hydrogens is 216 g/mol. The summed E-state index contributed by atoms with van der Waals surface area (Å²) in [4.78, 5) is 4.40. The van der Waals surface area contributed by atoms with Gasteiger partial charge in [-0.3, -0.25) is 4.68 Å². The van der Waals surface area contributed by atoms with Crippen LogP contribution in [0.1, 0.15) is 18.2 Å².